The number of anilines is 2. The SMILES string of the molecule is CS(=O)(=O)N1CC(CCl)c2ccc(N([O-])O)cc21. The van der Waals surface area contributed by atoms with Crippen molar-refractivity contribution in [1.29, 1.82) is 0 Å². The lowest BCUT2D eigenvalue weighted by molar-refractivity contribution is 0.296. The number of hydrogen-bond acceptors (Lipinski definition) is 5. The van der Waals surface area contributed by atoms with Gasteiger partial charge in [0.2, 0.25) is 10.0 Å². The molecule has 0 fully saturated rings. The van der Waals surface area contributed by atoms with Crippen LogP contribution in [0.25, 0.3) is 0 Å². The molecule has 0 amide bonds. The fourth-order valence-corrected chi connectivity index (χ4v) is 3.29. The molecule has 0 spiro atoms. The lowest BCUT2D eigenvalue weighted by atomic mass is 10.0. The van der Waals surface area contributed by atoms with Crippen molar-refractivity contribution in [2.45, 2.75) is 5.92 Å². The Morgan fingerprint density at radius 2 is 2.28 bits per heavy atom. The van der Waals surface area contributed by atoms with Crippen LogP contribution in [0.15, 0.2) is 18.2 Å². The molecule has 1 aromatic rings. The Labute approximate surface area is 110 Å². The first-order valence-corrected chi connectivity index (χ1v) is 7.56. The third-order valence-electron chi connectivity index (χ3n) is 2.92. The molecule has 100 valence electrons. The number of benzene rings is 1. The summed E-state index contributed by atoms with van der Waals surface area (Å²) in [5.74, 6) is 0.183. The van der Waals surface area contributed by atoms with Gasteiger partial charge in [-0.15, -0.1) is 11.6 Å². The van der Waals surface area contributed by atoms with E-state index in [9.17, 15) is 13.6 Å². The molecule has 0 radical (unpaired) electrons. The number of rotatable bonds is 3. The molecule has 8 heteroatoms. The average molecular weight is 292 g/mol. The topological polar surface area (TPSA) is 83.9 Å². The van der Waals surface area contributed by atoms with Crippen LogP contribution in [-0.4, -0.2) is 32.3 Å². The number of halogens is 1. The van der Waals surface area contributed by atoms with Crippen LogP contribution in [-0.2, 0) is 10.0 Å². The minimum atomic E-state index is -3.43. The maximum atomic E-state index is 11.7. The molecular weight excluding hydrogens is 280 g/mol. The zero-order valence-electron chi connectivity index (χ0n) is 9.58. The zero-order chi connectivity index (χ0) is 13.5. The van der Waals surface area contributed by atoms with E-state index in [1.54, 1.807) is 6.07 Å². The molecule has 1 aliphatic heterocycles. The summed E-state index contributed by atoms with van der Waals surface area (Å²) in [5, 5.41) is 19.4. The van der Waals surface area contributed by atoms with Gasteiger partial charge in [0.05, 0.1) is 17.6 Å². The van der Waals surface area contributed by atoms with Crippen LogP contribution in [0.4, 0.5) is 11.4 Å². The lowest BCUT2D eigenvalue weighted by Crippen LogP contribution is -2.29. The van der Waals surface area contributed by atoms with Crippen molar-refractivity contribution in [3.63, 3.8) is 0 Å². The number of hydrogen-bond donors (Lipinski definition) is 1. The normalized spacial score (nSPS) is 18.9. The fraction of sp³-hybridized carbons (Fsp3) is 0.400. The molecule has 0 aromatic heterocycles. The molecule has 0 saturated carbocycles. The van der Waals surface area contributed by atoms with Crippen LogP contribution in [0.1, 0.15) is 11.5 Å². The van der Waals surface area contributed by atoms with E-state index in [2.05, 4.69) is 0 Å². The smallest absolute Gasteiger partial charge is 0.232 e. The van der Waals surface area contributed by atoms with Gasteiger partial charge in [0, 0.05) is 18.3 Å². The summed E-state index contributed by atoms with van der Waals surface area (Å²) < 4.78 is 24.5. The Kier molecular flexibility index (Phi) is 3.41. The summed E-state index contributed by atoms with van der Waals surface area (Å²) in [6, 6.07) is 4.39. The maximum Gasteiger partial charge on any atom is 0.232 e. The largest absolute Gasteiger partial charge is 0.733 e. The highest BCUT2D eigenvalue weighted by Crippen LogP contribution is 2.40. The molecule has 2 rings (SSSR count). The number of nitrogens with zero attached hydrogens (tertiary/aromatic N) is 2. The van der Waals surface area contributed by atoms with E-state index in [-0.39, 0.29) is 23.4 Å². The van der Waals surface area contributed by atoms with Crippen LogP contribution in [0, 0.1) is 5.21 Å². The van der Waals surface area contributed by atoms with Gasteiger partial charge in [0.15, 0.2) is 0 Å². The first kappa shape index (κ1) is 13.4. The van der Waals surface area contributed by atoms with Gasteiger partial charge in [-0.25, -0.2) is 8.42 Å². The number of sulfonamides is 1. The van der Waals surface area contributed by atoms with Crippen molar-refractivity contribution in [2.24, 2.45) is 0 Å². The Bertz CT molecular complexity index is 561. The van der Waals surface area contributed by atoms with Gasteiger partial charge in [-0.1, -0.05) is 6.07 Å². The van der Waals surface area contributed by atoms with Gasteiger partial charge in [0.25, 0.3) is 0 Å². The highest BCUT2D eigenvalue weighted by molar-refractivity contribution is 7.92. The fourth-order valence-electron chi connectivity index (χ4n) is 2.06. The molecule has 0 aliphatic carbocycles. The minimum Gasteiger partial charge on any atom is -0.733 e. The van der Waals surface area contributed by atoms with Gasteiger partial charge in [-0.2, -0.15) is 0 Å². The van der Waals surface area contributed by atoms with E-state index in [0.717, 1.165) is 11.8 Å². The standard InChI is InChI=1S/C10H12ClN2O4S/c1-18(16,17)12-6-7(5-11)9-3-2-8(13(14)15)4-10(9)12/h2-4,7,14H,5-6H2,1H3/q-1. The molecule has 1 N–H and O–H groups in total. The van der Waals surface area contributed by atoms with Crippen molar-refractivity contribution in [3.05, 3.63) is 29.0 Å². The Balaban J connectivity index is 2.54. The molecule has 0 saturated heterocycles. The number of alkyl halides is 1. The van der Waals surface area contributed by atoms with Crippen molar-refractivity contribution in [3.8, 4) is 0 Å². The van der Waals surface area contributed by atoms with Crippen LogP contribution in [0.2, 0.25) is 0 Å². The molecule has 1 aromatic carbocycles. The molecule has 1 aliphatic rings. The quantitative estimate of drug-likeness (QED) is 0.673. The highest BCUT2D eigenvalue weighted by atomic mass is 35.5. The molecule has 1 atom stereocenters. The Morgan fingerprint density at radius 1 is 1.61 bits per heavy atom. The summed E-state index contributed by atoms with van der Waals surface area (Å²) in [5.41, 5.74) is 1.15. The van der Waals surface area contributed by atoms with E-state index in [1.165, 1.54) is 16.4 Å². The summed E-state index contributed by atoms with van der Waals surface area (Å²) >= 11 is 5.81. The highest BCUT2D eigenvalue weighted by Gasteiger charge is 2.33. The predicted molar refractivity (Wildman–Crippen MR) is 69.7 cm³/mol. The summed E-state index contributed by atoms with van der Waals surface area (Å²) in [6.45, 7) is 0.255. The number of fused-ring (bicyclic) bond motifs is 1. The minimum absolute atomic E-state index is 0.0161. The van der Waals surface area contributed by atoms with Gasteiger partial charge in [0.1, 0.15) is 0 Å². The third-order valence-corrected chi connectivity index (χ3v) is 4.44. The van der Waals surface area contributed by atoms with E-state index < -0.39 is 10.0 Å². The molecule has 0 bridgehead atoms. The zero-order valence-corrected chi connectivity index (χ0v) is 11.1. The molecule has 18 heavy (non-hydrogen) atoms. The van der Waals surface area contributed by atoms with Crippen molar-refractivity contribution in [1.82, 2.24) is 0 Å². The van der Waals surface area contributed by atoms with E-state index in [1.807, 2.05) is 0 Å². The van der Waals surface area contributed by atoms with Crippen LogP contribution in [0.5, 0.6) is 0 Å². The van der Waals surface area contributed by atoms with Crippen LogP contribution < -0.4 is 9.53 Å². The molecule has 1 unspecified atom stereocenters. The van der Waals surface area contributed by atoms with Crippen LogP contribution >= 0.6 is 11.6 Å². The second-order valence-electron chi connectivity index (χ2n) is 4.16. The average Bonchev–Trinajstić information content (AvgIpc) is 2.66. The van der Waals surface area contributed by atoms with Gasteiger partial charge < -0.3 is 10.4 Å². The summed E-state index contributed by atoms with van der Waals surface area (Å²) in [7, 11) is -3.43. The van der Waals surface area contributed by atoms with E-state index >= 15 is 0 Å². The van der Waals surface area contributed by atoms with Crippen molar-refractivity contribution < 1.29 is 13.6 Å². The van der Waals surface area contributed by atoms with E-state index in [4.69, 9.17) is 16.8 Å². The lowest BCUT2D eigenvalue weighted by Gasteiger charge is -2.23. The second kappa shape index (κ2) is 4.58. The van der Waals surface area contributed by atoms with Gasteiger partial charge in [-0.3, -0.25) is 9.51 Å². The van der Waals surface area contributed by atoms with Crippen LogP contribution in [0.3, 0.4) is 0 Å². The summed E-state index contributed by atoms with van der Waals surface area (Å²) in [4.78, 5) is 0. The Hall–Kier alpha value is -1.02. The predicted octanol–water partition coefficient (Wildman–Crippen LogP) is 1.48. The van der Waals surface area contributed by atoms with Gasteiger partial charge >= 0.3 is 0 Å². The second-order valence-corrected chi connectivity index (χ2v) is 6.38. The van der Waals surface area contributed by atoms with E-state index in [0.29, 0.717) is 11.6 Å². The summed E-state index contributed by atoms with van der Waals surface area (Å²) in [6.07, 6.45) is 1.09. The molecule has 6 nitrogen and oxygen atoms in total. The Morgan fingerprint density at radius 3 is 2.78 bits per heavy atom. The molecular formula is C10H12ClN2O4S-. The monoisotopic (exact) mass is 291 g/mol. The van der Waals surface area contributed by atoms with Gasteiger partial charge in [-0.05, 0) is 17.7 Å². The van der Waals surface area contributed by atoms with Crippen molar-refractivity contribution in [2.75, 3.05) is 28.2 Å². The third kappa shape index (κ3) is 2.26. The maximum absolute atomic E-state index is 11.7. The van der Waals surface area contributed by atoms with Crippen molar-refractivity contribution >= 4 is 33.0 Å². The first-order valence-electron chi connectivity index (χ1n) is 5.18. The molecule has 1 heterocycles. The first-order chi connectivity index (χ1) is 8.34.